The van der Waals surface area contributed by atoms with E-state index in [0.717, 1.165) is 24.0 Å². The van der Waals surface area contributed by atoms with Gasteiger partial charge < -0.3 is 9.84 Å². The van der Waals surface area contributed by atoms with Gasteiger partial charge in [0.25, 0.3) is 0 Å². The van der Waals surface area contributed by atoms with Gasteiger partial charge in [-0.2, -0.15) is 0 Å². The second-order valence-electron chi connectivity index (χ2n) is 8.40. The maximum absolute atomic E-state index is 12.5. The molecule has 0 aromatic heterocycles. The highest BCUT2D eigenvalue weighted by Gasteiger charge is 2.42. The monoisotopic (exact) mass is 432 g/mol. The van der Waals surface area contributed by atoms with Crippen LogP contribution in [0, 0.1) is 11.3 Å². The zero-order valence-electron chi connectivity index (χ0n) is 16.1. The lowest BCUT2D eigenvalue weighted by atomic mass is 9.74. The summed E-state index contributed by atoms with van der Waals surface area (Å²) < 4.78 is 5.53. The van der Waals surface area contributed by atoms with Crippen LogP contribution in [0.2, 0.25) is 10.0 Å². The van der Waals surface area contributed by atoms with Crippen molar-refractivity contribution >= 4 is 35.1 Å². The van der Waals surface area contributed by atoms with Crippen molar-refractivity contribution in [1.82, 2.24) is 0 Å². The highest BCUT2D eigenvalue weighted by atomic mass is 35.5. The van der Waals surface area contributed by atoms with Gasteiger partial charge in [0.15, 0.2) is 5.75 Å². The van der Waals surface area contributed by atoms with Crippen molar-refractivity contribution in [2.45, 2.75) is 45.4 Å². The maximum Gasteiger partial charge on any atom is 0.343 e. The van der Waals surface area contributed by atoms with Gasteiger partial charge in [-0.15, -0.1) is 0 Å². The Bertz CT molecular complexity index is 977. The lowest BCUT2D eigenvalue weighted by molar-refractivity contribution is 0.0691. The van der Waals surface area contributed by atoms with E-state index in [2.05, 4.69) is 6.92 Å². The molecule has 0 spiro atoms. The second kappa shape index (κ2) is 7.66. The third kappa shape index (κ3) is 3.76. The molecule has 29 heavy (non-hydrogen) atoms. The van der Waals surface area contributed by atoms with Crippen LogP contribution >= 0.6 is 23.2 Å². The van der Waals surface area contributed by atoms with E-state index in [1.54, 1.807) is 0 Å². The van der Waals surface area contributed by atoms with Crippen LogP contribution in [0.3, 0.4) is 0 Å². The third-order valence-corrected chi connectivity index (χ3v) is 7.34. The minimum atomic E-state index is -1.05. The fraction of sp³-hybridized carbons (Fsp3) is 0.391. The Labute approximate surface area is 179 Å². The highest BCUT2D eigenvalue weighted by Crippen LogP contribution is 2.52. The van der Waals surface area contributed by atoms with Crippen molar-refractivity contribution in [3.05, 3.63) is 62.6 Å². The van der Waals surface area contributed by atoms with Crippen molar-refractivity contribution in [2.75, 3.05) is 0 Å². The molecule has 1 unspecified atom stereocenters. The molecule has 6 heteroatoms. The largest absolute Gasteiger partial charge is 0.478 e. The Morgan fingerprint density at radius 3 is 2.28 bits per heavy atom. The summed E-state index contributed by atoms with van der Waals surface area (Å²) in [7, 11) is 0. The quantitative estimate of drug-likeness (QED) is 0.460. The number of aromatic carboxylic acids is 1. The molecule has 0 aliphatic heterocycles. The number of halogens is 2. The summed E-state index contributed by atoms with van der Waals surface area (Å²) in [5.41, 5.74) is 2.68. The molecule has 152 valence electrons. The first-order valence-electron chi connectivity index (χ1n) is 9.84. The average molecular weight is 433 g/mol. The van der Waals surface area contributed by atoms with Gasteiger partial charge >= 0.3 is 11.9 Å². The number of benzene rings is 2. The molecular weight excluding hydrogens is 411 g/mol. The smallest absolute Gasteiger partial charge is 0.343 e. The minimum Gasteiger partial charge on any atom is -0.478 e. The van der Waals surface area contributed by atoms with Crippen molar-refractivity contribution in [3.8, 4) is 5.75 Å². The number of rotatable bonds is 4. The molecule has 2 aliphatic rings. The van der Waals surface area contributed by atoms with Gasteiger partial charge in [-0.3, -0.25) is 0 Å². The second-order valence-corrected chi connectivity index (χ2v) is 9.16. The number of esters is 1. The lowest BCUT2D eigenvalue weighted by Gasteiger charge is -2.31. The number of ether oxygens (including phenoxy) is 1. The van der Waals surface area contributed by atoms with Gasteiger partial charge in [0.2, 0.25) is 0 Å². The van der Waals surface area contributed by atoms with Crippen molar-refractivity contribution in [1.29, 1.82) is 0 Å². The van der Waals surface area contributed by atoms with Crippen LogP contribution in [-0.4, -0.2) is 17.0 Å². The van der Waals surface area contributed by atoms with E-state index >= 15 is 0 Å². The van der Waals surface area contributed by atoms with Crippen LogP contribution in [0.4, 0.5) is 0 Å². The third-order valence-electron chi connectivity index (χ3n) is 6.45. The molecule has 2 aromatic rings. The van der Waals surface area contributed by atoms with Gasteiger partial charge in [-0.05, 0) is 78.5 Å². The molecule has 1 N–H and O–H groups in total. The Morgan fingerprint density at radius 1 is 1.03 bits per heavy atom. The van der Waals surface area contributed by atoms with Crippen molar-refractivity contribution in [2.24, 2.45) is 11.3 Å². The first-order chi connectivity index (χ1) is 13.8. The van der Waals surface area contributed by atoms with Crippen LogP contribution in [0.1, 0.15) is 64.4 Å². The standard InChI is InChI=1S/C23H22Cl2O4/c1-23(16-4-2-3-5-16)11-15-10-18(20(25)19(24)17(15)12-23)29-22(28)14-8-6-13(7-9-14)21(26)27/h6-10,16H,2-5,11-12H2,1H3,(H,26,27). The number of fused-ring (bicyclic) bond motifs is 1. The lowest BCUT2D eigenvalue weighted by Crippen LogP contribution is -2.26. The van der Waals surface area contributed by atoms with Gasteiger partial charge in [0.1, 0.15) is 5.02 Å². The van der Waals surface area contributed by atoms with E-state index in [0.29, 0.717) is 10.9 Å². The zero-order chi connectivity index (χ0) is 20.8. The summed E-state index contributed by atoms with van der Waals surface area (Å²) in [6.45, 7) is 2.32. The van der Waals surface area contributed by atoms with E-state index in [1.807, 2.05) is 6.07 Å². The summed E-state index contributed by atoms with van der Waals surface area (Å²) in [4.78, 5) is 23.5. The normalized spacial score (nSPS) is 21.2. The molecule has 1 fully saturated rings. The van der Waals surface area contributed by atoms with Gasteiger partial charge in [0.05, 0.1) is 16.1 Å². The highest BCUT2D eigenvalue weighted by molar-refractivity contribution is 6.43. The Hall–Kier alpha value is -2.04. The predicted molar refractivity (Wildman–Crippen MR) is 112 cm³/mol. The average Bonchev–Trinajstić information content (AvgIpc) is 3.35. The number of carboxylic acids is 1. The first kappa shape index (κ1) is 20.2. The first-order valence-corrected chi connectivity index (χ1v) is 10.6. The fourth-order valence-electron chi connectivity index (χ4n) is 4.83. The molecule has 1 atom stereocenters. The molecule has 4 rings (SSSR count). The van der Waals surface area contributed by atoms with E-state index in [9.17, 15) is 9.59 Å². The van der Waals surface area contributed by atoms with Crippen LogP contribution < -0.4 is 4.74 Å². The van der Waals surface area contributed by atoms with Gasteiger partial charge in [0, 0.05) is 0 Å². The summed E-state index contributed by atoms with van der Waals surface area (Å²) in [6, 6.07) is 7.41. The topological polar surface area (TPSA) is 63.6 Å². The molecule has 2 aliphatic carbocycles. The minimum absolute atomic E-state index is 0.103. The number of carbonyl (C=O) groups excluding carboxylic acids is 1. The molecule has 0 radical (unpaired) electrons. The van der Waals surface area contributed by atoms with E-state index < -0.39 is 11.9 Å². The Morgan fingerprint density at radius 2 is 1.66 bits per heavy atom. The number of hydrogen-bond donors (Lipinski definition) is 1. The van der Waals surface area contributed by atoms with Crippen LogP contribution in [0.25, 0.3) is 0 Å². The predicted octanol–water partition coefficient (Wildman–Crippen LogP) is 6.21. The van der Waals surface area contributed by atoms with Gasteiger partial charge in [-0.1, -0.05) is 43.0 Å². The maximum atomic E-state index is 12.5. The number of carbonyl (C=O) groups is 2. The summed E-state index contributed by atoms with van der Waals surface area (Å²) in [6.07, 6.45) is 6.88. The summed E-state index contributed by atoms with van der Waals surface area (Å²) in [5.74, 6) is -0.720. The fourth-order valence-corrected chi connectivity index (χ4v) is 5.32. The van der Waals surface area contributed by atoms with Crippen LogP contribution in [0.5, 0.6) is 5.75 Å². The number of hydrogen-bond acceptors (Lipinski definition) is 3. The molecule has 0 amide bonds. The molecular formula is C23H22Cl2O4. The molecule has 1 saturated carbocycles. The van der Waals surface area contributed by atoms with E-state index in [1.165, 1.54) is 49.9 Å². The van der Waals surface area contributed by atoms with Crippen LogP contribution in [-0.2, 0) is 12.8 Å². The molecule has 0 bridgehead atoms. The van der Waals surface area contributed by atoms with Crippen LogP contribution in [0.15, 0.2) is 30.3 Å². The Kier molecular flexibility index (Phi) is 5.34. The molecule has 4 nitrogen and oxygen atoms in total. The van der Waals surface area contributed by atoms with Crippen molar-refractivity contribution < 1.29 is 19.4 Å². The molecule has 2 aromatic carbocycles. The van der Waals surface area contributed by atoms with Gasteiger partial charge in [-0.25, -0.2) is 9.59 Å². The zero-order valence-corrected chi connectivity index (χ0v) is 17.6. The van der Waals surface area contributed by atoms with Crippen molar-refractivity contribution in [3.63, 3.8) is 0 Å². The summed E-state index contributed by atoms with van der Waals surface area (Å²) in [5, 5.41) is 9.69. The van der Waals surface area contributed by atoms with E-state index in [4.69, 9.17) is 33.0 Å². The summed E-state index contributed by atoms with van der Waals surface area (Å²) >= 11 is 13.0. The number of carboxylic acid groups (broad SMARTS) is 1. The molecule has 0 saturated heterocycles. The van der Waals surface area contributed by atoms with E-state index in [-0.39, 0.29) is 27.3 Å². The SMILES string of the molecule is CC1(C2CCCC2)Cc2cc(OC(=O)c3ccc(C(=O)O)cc3)c(Cl)c(Cl)c2C1. The molecule has 0 heterocycles. The Balaban J connectivity index is 1.58.